The van der Waals surface area contributed by atoms with E-state index in [9.17, 15) is 5.26 Å². The number of rotatable bonds is 5. The van der Waals surface area contributed by atoms with Crippen LogP contribution in [0.1, 0.15) is 31.9 Å². The van der Waals surface area contributed by atoms with E-state index in [0.717, 1.165) is 55.5 Å². The molecule has 0 fully saturated rings. The van der Waals surface area contributed by atoms with E-state index in [-0.39, 0.29) is 5.41 Å². The molecule has 4 heterocycles. The molecule has 7 heteroatoms. The molecule has 0 N–H and O–H groups in total. The standard InChI is InChI=1S/C42H30N6O/c1-42(2,3)30-14-16-45-41(22-30)48-38-13-10-27(25-43)18-36(38)35-12-11-33(24-39(35)48)49-34-20-29(19-31(23-34)44-4)37-21-28-15-17-47(40(28)26-46-37)32-8-6-5-7-9-32/h5-24,26H,1-3H3. The van der Waals surface area contributed by atoms with Gasteiger partial charge in [-0.05, 0) is 101 Å². The van der Waals surface area contributed by atoms with Crippen LogP contribution in [0, 0.1) is 17.9 Å². The van der Waals surface area contributed by atoms with Crippen LogP contribution < -0.4 is 4.74 Å². The van der Waals surface area contributed by atoms with Crippen molar-refractivity contribution in [3.8, 4) is 40.3 Å². The van der Waals surface area contributed by atoms with Crippen molar-refractivity contribution in [3.05, 3.63) is 150 Å². The van der Waals surface area contributed by atoms with Gasteiger partial charge in [-0.1, -0.05) is 39.0 Å². The minimum atomic E-state index is -0.0599. The molecule has 0 saturated heterocycles. The molecule has 0 bridgehead atoms. The Kier molecular flexibility index (Phi) is 6.98. The van der Waals surface area contributed by atoms with Crippen molar-refractivity contribution < 1.29 is 4.74 Å². The van der Waals surface area contributed by atoms with Gasteiger partial charge in [-0.25, -0.2) is 9.83 Å². The molecule has 8 aromatic rings. The third-order valence-corrected chi connectivity index (χ3v) is 8.87. The van der Waals surface area contributed by atoms with Crippen LogP contribution in [0.3, 0.4) is 0 Å². The summed E-state index contributed by atoms with van der Waals surface area (Å²) in [5.41, 5.74) is 7.62. The molecule has 7 nitrogen and oxygen atoms in total. The van der Waals surface area contributed by atoms with Gasteiger partial charge in [0, 0.05) is 40.3 Å². The third-order valence-electron chi connectivity index (χ3n) is 8.87. The zero-order valence-electron chi connectivity index (χ0n) is 27.2. The summed E-state index contributed by atoms with van der Waals surface area (Å²) in [6, 6.07) is 37.9. The van der Waals surface area contributed by atoms with Gasteiger partial charge in [-0.15, -0.1) is 0 Å². The number of fused-ring (bicyclic) bond motifs is 4. The lowest BCUT2D eigenvalue weighted by Gasteiger charge is -2.20. The highest BCUT2D eigenvalue weighted by Crippen LogP contribution is 2.38. The maximum atomic E-state index is 9.66. The van der Waals surface area contributed by atoms with Gasteiger partial charge in [-0.3, -0.25) is 9.55 Å². The molecule has 4 aromatic carbocycles. The van der Waals surface area contributed by atoms with Crippen molar-refractivity contribution >= 4 is 38.4 Å². The lowest BCUT2D eigenvalue weighted by Crippen LogP contribution is -2.12. The Bertz CT molecular complexity index is 2650. The maximum absolute atomic E-state index is 9.66. The van der Waals surface area contributed by atoms with Gasteiger partial charge in [0.2, 0.25) is 0 Å². The molecular formula is C42H30N6O. The highest BCUT2D eigenvalue weighted by atomic mass is 16.5. The van der Waals surface area contributed by atoms with E-state index in [0.29, 0.717) is 22.7 Å². The molecule has 234 valence electrons. The van der Waals surface area contributed by atoms with Crippen LogP contribution >= 0.6 is 0 Å². The van der Waals surface area contributed by atoms with Crippen LogP contribution in [0.2, 0.25) is 0 Å². The predicted octanol–water partition coefficient (Wildman–Crippen LogP) is 10.7. The largest absolute Gasteiger partial charge is 0.459 e. The van der Waals surface area contributed by atoms with Gasteiger partial charge in [0.1, 0.15) is 17.3 Å². The number of ether oxygens (including phenoxy) is 1. The minimum Gasteiger partial charge on any atom is -0.459 e. The van der Waals surface area contributed by atoms with Crippen molar-refractivity contribution in [1.29, 1.82) is 5.26 Å². The summed E-state index contributed by atoms with van der Waals surface area (Å²) < 4.78 is 10.7. The Morgan fingerprint density at radius 3 is 2.43 bits per heavy atom. The van der Waals surface area contributed by atoms with Crippen molar-refractivity contribution in [2.75, 3.05) is 0 Å². The van der Waals surface area contributed by atoms with Crippen molar-refractivity contribution in [1.82, 2.24) is 19.1 Å². The second kappa shape index (κ2) is 11.5. The average Bonchev–Trinajstić information content (AvgIpc) is 3.69. The first-order chi connectivity index (χ1) is 23.8. The Morgan fingerprint density at radius 1 is 0.776 bits per heavy atom. The third kappa shape index (κ3) is 5.34. The number of benzene rings is 4. The van der Waals surface area contributed by atoms with E-state index in [1.165, 1.54) is 5.56 Å². The molecule has 0 aliphatic heterocycles. The summed E-state index contributed by atoms with van der Waals surface area (Å²) in [4.78, 5) is 13.3. The van der Waals surface area contributed by atoms with E-state index < -0.39 is 0 Å². The molecule has 8 rings (SSSR count). The van der Waals surface area contributed by atoms with E-state index in [4.69, 9.17) is 21.3 Å². The molecule has 0 atom stereocenters. The lowest BCUT2D eigenvalue weighted by molar-refractivity contribution is 0.484. The van der Waals surface area contributed by atoms with E-state index in [2.05, 4.69) is 65.1 Å². The zero-order valence-corrected chi connectivity index (χ0v) is 27.2. The quantitative estimate of drug-likeness (QED) is 0.177. The number of hydrogen-bond donors (Lipinski definition) is 0. The highest BCUT2D eigenvalue weighted by Gasteiger charge is 2.19. The van der Waals surface area contributed by atoms with E-state index >= 15 is 0 Å². The topological polar surface area (TPSA) is 73.0 Å². The molecule has 0 amide bonds. The van der Waals surface area contributed by atoms with Crippen LogP contribution in [-0.2, 0) is 5.41 Å². The van der Waals surface area contributed by atoms with Crippen LogP contribution in [-0.4, -0.2) is 19.1 Å². The maximum Gasteiger partial charge on any atom is 0.191 e. The summed E-state index contributed by atoms with van der Waals surface area (Å²) >= 11 is 0. The van der Waals surface area contributed by atoms with Gasteiger partial charge in [0.05, 0.1) is 46.6 Å². The van der Waals surface area contributed by atoms with Crippen LogP contribution in [0.15, 0.2) is 128 Å². The van der Waals surface area contributed by atoms with Crippen molar-refractivity contribution in [2.45, 2.75) is 26.2 Å². The fourth-order valence-electron chi connectivity index (χ4n) is 6.38. The summed E-state index contributed by atoms with van der Waals surface area (Å²) in [6.07, 6.45) is 5.76. The van der Waals surface area contributed by atoms with Crippen LogP contribution in [0.25, 0.3) is 60.3 Å². The molecular weight excluding hydrogens is 605 g/mol. The van der Waals surface area contributed by atoms with Crippen LogP contribution in [0.4, 0.5) is 5.69 Å². The summed E-state index contributed by atoms with van der Waals surface area (Å²) in [5.74, 6) is 1.93. The SMILES string of the molecule is [C-]#[N+]c1cc(Oc2ccc3c4cc(C#N)ccc4n(-c4cc(C(C)(C)C)ccn4)c3c2)cc(-c2cc3ccn(-c4ccccc4)c3cn2)c1. The van der Waals surface area contributed by atoms with Gasteiger partial charge >= 0.3 is 0 Å². The zero-order chi connectivity index (χ0) is 33.7. The molecule has 4 aromatic heterocycles. The Balaban J connectivity index is 1.21. The Hall–Kier alpha value is -6.70. The summed E-state index contributed by atoms with van der Waals surface area (Å²) in [5, 5.41) is 12.7. The molecule has 0 aliphatic carbocycles. The average molecular weight is 635 g/mol. The van der Waals surface area contributed by atoms with Crippen molar-refractivity contribution in [2.24, 2.45) is 0 Å². The molecule has 0 radical (unpaired) electrons. The molecule has 49 heavy (non-hydrogen) atoms. The minimum absolute atomic E-state index is 0.0599. The first-order valence-corrected chi connectivity index (χ1v) is 16.0. The molecule has 0 saturated carbocycles. The van der Waals surface area contributed by atoms with Gasteiger partial charge in [-0.2, -0.15) is 5.26 Å². The van der Waals surface area contributed by atoms with E-state index in [1.54, 1.807) is 6.07 Å². The Labute approximate surface area is 283 Å². The number of pyridine rings is 2. The smallest absolute Gasteiger partial charge is 0.191 e. The number of nitriles is 1. The predicted molar refractivity (Wildman–Crippen MR) is 195 cm³/mol. The highest BCUT2D eigenvalue weighted by molar-refractivity contribution is 6.10. The first kappa shape index (κ1) is 29.7. The van der Waals surface area contributed by atoms with Gasteiger partial charge in [0.25, 0.3) is 0 Å². The summed E-state index contributed by atoms with van der Waals surface area (Å²) in [6.45, 7) is 14.4. The number of hydrogen-bond acceptors (Lipinski definition) is 4. The normalized spacial score (nSPS) is 11.5. The van der Waals surface area contributed by atoms with E-state index in [1.807, 2.05) is 97.5 Å². The van der Waals surface area contributed by atoms with Crippen LogP contribution in [0.5, 0.6) is 11.5 Å². The fraction of sp³-hybridized carbons (Fsp3) is 0.0952. The first-order valence-electron chi connectivity index (χ1n) is 16.0. The summed E-state index contributed by atoms with van der Waals surface area (Å²) in [7, 11) is 0. The lowest BCUT2D eigenvalue weighted by atomic mass is 9.88. The molecule has 0 unspecified atom stereocenters. The second-order valence-corrected chi connectivity index (χ2v) is 13.1. The van der Waals surface area contributed by atoms with Crippen molar-refractivity contribution in [3.63, 3.8) is 0 Å². The number of aromatic nitrogens is 4. The second-order valence-electron chi connectivity index (χ2n) is 13.1. The Morgan fingerprint density at radius 2 is 1.63 bits per heavy atom. The van der Waals surface area contributed by atoms with Gasteiger partial charge in [0.15, 0.2) is 5.69 Å². The number of nitrogens with zero attached hydrogens (tertiary/aromatic N) is 6. The fourth-order valence-corrected chi connectivity index (χ4v) is 6.38. The van der Waals surface area contributed by atoms with Gasteiger partial charge < -0.3 is 9.30 Å². The monoisotopic (exact) mass is 634 g/mol. The molecule has 0 aliphatic rings. The number of para-hydroxylation sites is 1. The molecule has 0 spiro atoms.